The van der Waals surface area contributed by atoms with Crippen LogP contribution < -0.4 is 9.47 Å². The Balaban J connectivity index is 2.16. The first-order chi connectivity index (χ1) is 10.1. The summed E-state index contributed by atoms with van der Waals surface area (Å²) in [5, 5.41) is 10.1. The van der Waals surface area contributed by atoms with Crippen molar-refractivity contribution in [3.63, 3.8) is 0 Å². The van der Waals surface area contributed by atoms with Crippen molar-refractivity contribution in [2.45, 2.75) is 6.92 Å². The first kappa shape index (κ1) is 13.3. The van der Waals surface area contributed by atoms with Gasteiger partial charge in [-0.1, -0.05) is 6.07 Å². The number of nitrogens with zero attached hydrogens (tertiary/aromatic N) is 1. The molecule has 0 bridgehead atoms. The standard InChI is InChI=1S/C16H16N2O3/c1-9-4-5-10(13(19)6-9)16-17-11-7-14(20-2)15(21-3)8-12(11)18-16/h4-8,19H,1-3H3,(H,17,18). The maximum Gasteiger partial charge on any atom is 0.163 e. The molecule has 0 radical (unpaired) electrons. The number of aromatic hydroxyl groups is 1. The molecule has 1 heterocycles. The van der Waals surface area contributed by atoms with Crippen molar-refractivity contribution in [3.8, 4) is 28.6 Å². The Hall–Kier alpha value is -2.69. The van der Waals surface area contributed by atoms with Crippen molar-refractivity contribution in [1.82, 2.24) is 9.97 Å². The highest BCUT2D eigenvalue weighted by Crippen LogP contribution is 2.34. The number of phenolic OH excluding ortho intramolecular Hbond substituents is 1. The zero-order chi connectivity index (χ0) is 15.0. The molecule has 3 rings (SSSR count). The van der Waals surface area contributed by atoms with Crippen LogP contribution in [0.1, 0.15) is 5.56 Å². The van der Waals surface area contributed by atoms with Gasteiger partial charge in [0, 0.05) is 12.1 Å². The van der Waals surface area contributed by atoms with Crippen LogP contribution in [0.4, 0.5) is 0 Å². The number of benzene rings is 2. The molecule has 0 spiro atoms. The predicted molar refractivity (Wildman–Crippen MR) is 81.0 cm³/mol. The molecule has 2 N–H and O–H groups in total. The van der Waals surface area contributed by atoms with E-state index in [0.29, 0.717) is 22.9 Å². The molecule has 0 aliphatic rings. The zero-order valence-corrected chi connectivity index (χ0v) is 12.1. The van der Waals surface area contributed by atoms with Crippen LogP contribution in [-0.4, -0.2) is 29.3 Å². The van der Waals surface area contributed by atoms with Crippen LogP contribution in [0.5, 0.6) is 17.2 Å². The molecule has 2 aromatic carbocycles. The number of hydrogen-bond donors (Lipinski definition) is 2. The molecule has 0 amide bonds. The van der Waals surface area contributed by atoms with Gasteiger partial charge in [0.05, 0.1) is 30.8 Å². The summed E-state index contributed by atoms with van der Waals surface area (Å²) in [6.45, 7) is 1.93. The smallest absolute Gasteiger partial charge is 0.163 e. The number of phenols is 1. The summed E-state index contributed by atoms with van der Waals surface area (Å²) in [5.41, 5.74) is 3.23. The lowest BCUT2D eigenvalue weighted by Gasteiger charge is -2.06. The van der Waals surface area contributed by atoms with Crippen molar-refractivity contribution in [3.05, 3.63) is 35.9 Å². The summed E-state index contributed by atoms with van der Waals surface area (Å²) in [4.78, 5) is 7.70. The minimum absolute atomic E-state index is 0.202. The maximum absolute atomic E-state index is 10.1. The minimum Gasteiger partial charge on any atom is -0.507 e. The van der Waals surface area contributed by atoms with E-state index in [1.54, 1.807) is 26.4 Å². The Kier molecular flexibility index (Phi) is 3.17. The third-order valence-corrected chi connectivity index (χ3v) is 3.40. The van der Waals surface area contributed by atoms with Gasteiger partial charge >= 0.3 is 0 Å². The van der Waals surface area contributed by atoms with Crippen LogP contribution in [0.25, 0.3) is 22.4 Å². The molecule has 0 saturated heterocycles. The number of methoxy groups -OCH3 is 2. The van der Waals surface area contributed by atoms with Crippen LogP contribution in [0, 0.1) is 6.92 Å². The Morgan fingerprint density at radius 3 is 2.43 bits per heavy atom. The summed E-state index contributed by atoms with van der Waals surface area (Å²) < 4.78 is 10.5. The van der Waals surface area contributed by atoms with E-state index in [0.717, 1.165) is 16.6 Å². The zero-order valence-electron chi connectivity index (χ0n) is 12.1. The lowest BCUT2D eigenvalue weighted by atomic mass is 10.1. The average molecular weight is 284 g/mol. The molecular formula is C16H16N2O3. The Labute approximate surface area is 122 Å². The highest BCUT2D eigenvalue weighted by molar-refractivity contribution is 5.84. The second-order valence-corrected chi connectivity index (χ2v) is 4.83. The minimum atomic E-state index is 0.202. The lowest BCUT2D eigenvalue weighted by Crippen LogP contribution is -1.89. The molecule has 5 nitrogen and oxygen atoms in total. The number of fused-ring (bicyclic) bond motifs is 1. The quantitative estimate of drug-likeness (QED) is 0.774. The predicted octanol–water partition coefficient (Wildman–Crippen LogP) is 3.26. The first-order valence-corrected chi connectivity index (χ1v) is 6.54. The van der Waals surface area contributed by atoms with Crippen molar-refractivity contribution < 1.29 is 14.6 Å². The van der Waals surface area contributed by atoms with Crippen LogP contribution >= 0.6 is 0 Å². The van der Waals surface area contributed by atoms with E-state index in [9.17, 15) is 5.11 Å². The van der Waals surface area contributed by atoms with Crippen molar-refractivity contribution in [2.75, 3.05) is 14.2 Å². The van der Waals surface area contributed by atoms with Gasteiger partial charge in [0.15, 0.2) is 11.5 Å². The molecule has 108 valence electrons. The van der Waals surface area contributed by atoms with Gasteiger partial charge < -0.3 is 19.6 Å². The highest BCUT2D eigenvalue weighted by atomic mass is 16.5. The van der Waals surface area contributed by atoms with Gasteiger partial charge in [-0.3, -0.25) is 0 Å². The lowest BCUT2D eigenvalue weighted by molar-refractivity contribution is 0.356. The molecule has 0 atom stereocenters. The Bertz CT molecular complexity index is 768. The van der Waals surface area contributed by atoms with Gasteiger partial charge in [-0.05, 0) is 24.6 Å². The van der Waals surface area contributed by atoms with E-state index in [-0.39, 0.29) is 5.75 Å². The average Bonchev–Trinajstić information content (AvgIpc) is 2.87. The van der Waals surface area contributed by atoms with Crippen LogP contribution in [0.3, 0.4) is 0 Å². The number of hydrogen-bond acceptors (Lipinski definition) is 4. The number of H-pyrrole nitrogens is 1. The fourth-order valence-corrected chi connectivity index (χ4v) is 2.31. The molecule has 21 heavy (non-hydrogen) atoms. The summed E-state index contributed by atoms with van der Waals surface area (Å²) in [6.07, 6.45) is 0. The number of nitrogens with one attached hydrogen (secondary N) is 1. The third-order valence-electron chi connectivity index (χ3n) is 3.40. The fourth-order valence-electron chi connectivity index (χ4n) is 2.31. The van der Waals surface area contributed by atoms with Gasteiger partial charge in [0.2, 0.25) is 0 Å². The fraction of sp³-hybridized carbons (Fsp3) is 0.188. The van der Waals surface area contributed by atoms with Crippen molar-refractivity contribution >= 4 is 11.0 Å². The van der Waals surface area contributed by atoms with Crippen LogP contribution in [0.2, 0.25) is 0 Å². The highest BCUT2D eigenvalue weighted by Gasteiger charge is 2.13. The van der Waals surface area contributed by atoms with Gasteiger partial charge in [0.1, 0.15) is 11.6 Å². The SMILES string of the molecule is COc1cc2nc(-c3ccc(C)cc3O)[nH]c2cc1OC. The van der Waals surface area contributed by atoms with E-state index < -0.39 is 0 Å². The van der Waals surface area contributed by atoms with Crippen LogP contribution in [0.15, 0.2) is 30.3 Å². The van der Waals surface area contributed by atoms with E-state index in [1.165, 1.54) is 0 Å². The van der Waals surface area contributed by atoms with E-state index >= 15 is 0 Å². The van der Waals surface area contributed by atoms with Crippen molar-refractivity contribution in [2.24, 2.45) is 0 Å². The van der Waals surface area contributed by atoms with E-state index in [1.807, 2.05) is 25.1 Å². The summed E-state index contributed by atoms with van der Waals surface area (Å²) in [5.74, 6) is 2.07. The molecule has 0 fully saturated rings. The topological polar surface area (TPSA) is 67.4 Å². The molecule has 0 aliphatic carbocycles. The first-order valence-electron chi connectivity index (χ1n) is 6.54. The second kappa shape index (κ2) is 5.01. The second-order valence-electron chi connectivity index (χ2n) is 4.83. The molecular weight excluding hydrogens is 268 g/mol. The molecule has 1 aromatic heterocycles. The number of rotatable bonds is 3. The summed E-state index contributed by atoms with van der Waals surface area (Å²) in [7, 11) is 3.18. The molecule has 0 saturated carbocycles. The maximum atomic E-state index is 10.1. The Morgan fingerprint density at radius 2 is 1.76 bits per heavy atom. The van der Waals surface area contributed by atoms with Crippen molar-refractivity contribution in [1.29, 1.82) is 0 Å². The van der Waals surface area contributed by atoms with Gasteiger partial charge in [-0.2, -0.15) is 0 Å². The normalized spacial score (nSPS) is 10.8. The molecule has 0 aliphatic heterocycles. The number of aromatic nitrogens is 2. The van der Waals surface area contributed by atoms with Gasteiger partial charge in [0.25, 0.3) is 0 Å². The molecule has 5 heteroatoms. The van der Waals surface area contributed by atoms with Gasteiger partial charge in [-0.15, -0.1) is 0 Å². The van der Waals surface area contributed by atoms with E-state index in [4.69, 9.17) is 9.47 Å². The monoisotopic (exact) mass is 284 g/mol. The molecule has 3 aromatic rings. The Morgan fingerprint density at radius 1 is 1.05 bits per heavy atom. The number of imidazole rings is 1. The number of ether oxygens (including phenoxy) is 2. The third kappa shape index (κ3) is 2.27. The summed E-state index contributed by atoms with van der Waals surface area (Å²) >= 11 is 0. The van der Waals surface area contributed by atoms with Gasteiger partial charge in [-0.25, -0.2) is 4.98 Å². The number of aryl methyl sites for hydroxylation is 1. The summed E-state index contributed by atoms with van der Waals surface area (Å²) in [6, 6.07) is 9.12. The molecule has 0 unspecified atom stereocenters. The van der Waals surface area contributed by atoms with Crippen LogP contribution in [-0.2, 0) is 0 Å². The largest absolute Gasteiger partial charge is 0.507 e. The number of aromatic amines is 1. The van der Waals surface area contributed by atoms with E-state index in [2.05, 4.69) is 9.97 Å².